The summed E-state index contributed by atoms with van der Waals surface area (Å²) < 4.78 is 34.0. The van der Waals surface area contributed by atoms with Crippen LogP contribution in [0.3, 0.4) is 0 Å². The third kappa shape index (κ3) is 4.13. The molecule has 0 radical (unpaired) electrons. The Labute approximate surface area is 129 Å². The molecule has 0 amide bonds. The molecule has 0 unspecified atom stereocenters. The molecule has 0 aromatic carbocycles. The van der Waals surface area contributed by atoms with Crippen molar-refractivity contribution in [2.24, 2.45) is 0 Å². The topological polar surface area (TPSA) is 64.4 Å². The minimum absolute atomic E-state index is 0.0240. The van der Waals surface area contributed by atoms with E-state index in [2.05, 4.69) is 24.7 Å². The molecule has 0 aliphatic heterocycles. The van der Waals surface area contributed by atoms with Crippen LogP contribution in [0.25, 0.3) is 0 Å². The fraction of sp³-hybridized carbons (Fsp3) is 0.714. The molecule has 0 saturated heterocycles. The second-order valence-corrected chi connectivity index (χ2v) is 12.6. The number of hydrogen-bond acceptors (Lipinski definition) is 3. The Morgan fingerprint density at radius 2 is 2.14 bits per heavy atom. The van der Waals surface area contributed by atoms with Gasteiger partial charge in [-0.15, -0.1) is 0 Å². The number of hydrogen-bond donors (Lipinski definition) is 1. The first-order valence-electron chi connectivity index (χ1n) is 7.36. The lowest BCUT2D eigenvalue weighted by Crippen LogP contribution is -2.28. The maximum Gasteiger partial charge on any atom is 0.356 e. The lowest BCUT2D eigenvalue weighted by molar-refractivity contribution is -0.0168. The van der Waals surface area contributed by atoms with Crippen LogP contribution in [0, 0.1) is 0 Å². The molecule has 0 atom stereocenters. The van der Waals surface area contributed by atoms with Crippen molar-refractivity contribution in [3.05, 3.63) is 17.0 Å². The van der Waals surface area contributed by atoms with E-state index < -0.39 is 26.4 Å². The molecular weight excluding hydrogens is 310 g/mol. The Hall–Kier alpha value is -1.28. The molecule has 1 aromatic heterocycles. The first-order chi connectivity index (χ1) is 10.1. The number of ether oxygens (including phenoxy) is 1. The highest BCUT2D eigenvalue weighted by Gasteiger charge is 2.39. The van der Waals surface area contributed by atoms with E-state index >= 15 is 0 Å². The van der Waals surface area contributed by atoms with Gasteiger partial charge >= 0.3 is 5.97 Å². The van der Waals surface area contributed by atoms with Gasteiger partial charge in [0.1, 0.15) is 6.73 Å². The van der Waals surface area contributed by atoms with Crippen LogP contribution in [0.4, 0.5) is 8.78 Å². The summed E-state index contributed by atoms with van der Waals surface area (Å²) >= 11 is 0. The van der Waals surface area contributed by atoms with E-state index in [1.807, 2.05) is 0 Å². The van der Waals surface area contributed by atoms with Gasteiger partial charge in [-0.05, 0) is 12.5 Å². The zero-order valence-electron chi connectivity index (χ0n) is 13.2. The summed E-state index contributed by atoms with van der Waals surface area (Å²) in [6, 6.07) is 0.957. The average molecular weight is 332 g/mol. The van der Waals surface area contributed by atoms with Gasteiger partial charge in [0, 0.05) is 26.7 Å². The van der Waals surface area contributed by atoms with Crippen molar-refractivity contribution in [1.82, 2.24) is 9.78 Å². The normalized spacial score (nSPS) is 17.3. The van der Waals surface area contributed by atoms with Crippen LogP contribution >= 0.6 is 0 Å². The Balaban J connectivity index is 2.12. The zero-order valence-corrected chi connectivity index (χ0v) is 14.2. The molecule has 1 aliphatic rings. The fourth-order valence-corrected chi connectivity index (χ4v) is 3.20. The number of carbonyl (C=O) groups is 1. The maximum absolute atomic E-state index is 13.6. The summed E-state index contributed by atoms with van der Waals surface area (Å²) in [6.45, 7) is 7.21. The monoisotopic (exact) mass is 332 g/mol. The third-order valence-corrected chi connectivity index (χ3v) is 5.45. The highest BCUT2D eigenvalue weighted by molar-refractivity contribution is 6.76. The van der Waals surface area contributed by atoms with E-state index in [0.717, 1.165) is 6.04 Å². The Morgan fingerprint density at radius 3 is 2.73 bits per heavy atom. The number of carboxylic acids is 1. The van der Waals surface area contributed by atoms with Crippen LogP contribution < -0.4 is 0 Å². The number of carboxylic acid groups (broad SMARTS) is 1. The van der Waals surface area contributed by atoms with Crippen LogP contribution in [0.2, 0.25) is 25.7 Å². The van der Waals surface area contributed by atoms with E-state index in [0.29, 0.717) is 17.9 Å². The average Bonchev–Trinajstić information content (AvgIpc) is 2.70. The van der Waals surface area contributed by atoms with Crippen molar-refractivity contribution in [2.75, 3.05) is 6.61 Å². The van der Waals surface area contributed by atoms with E-state index in [-0.39, 0.29) is 25.3 Å². The van der Waals surface area contributed by atoms with Gasteiger partial charge in [0.15, 0.2) is 5.69 Å². The highest BCUT2D eigenvalue weighted by Crippen LogP contribution is 2.34. The van der Waals surface area contributed by atoms with Gasteiger partial charge in [-0.2, -0.15) is 5.10 Å². The van der Waals surface area contributed by atoms with Gasteiger partial charge in [-0.1, -0.05) is 19.6 Å². The second kappa shape index (κ2) is 6.08. The van der Waals surface area contributed by atoms with E-state index in [1.165, 1.54) is 4.68 Å². The number of rotatable bonds is 6. The molecule has 0 bridgehead atoms. The molecule has 2 rings (SSSR count). The number of nitrogens with zero attached hydrogens (tertiary/aromatic N) is 2. The molecule has 5 nitrogen and oxygen atoms in total. The highest BCUT2D eigenvalue weighted by atomic mass is 28.3. The van der Waals surface area contributed by atoms with Crippen molar-refractivity contribution in [1.29, 1.82) is 0 Å². The minimum Gasteiger partial charge on any atom is -0.476 e. The molecule has 1 heterocycles. The number of fused-ring (bicyclic) bond motifs is 1. The molecule has 1 aromatic rings. The largest absolute Gasteiger partial charge is 0.476 e. The Kier molecular flexibility index (Phi) is 4.72. The van der Waals surface area contributed by atoms with Gasteiger partial charge in [0.2, 0.25) is 0 Å². The summed E-state index contributed by atoms with van der Waals surface area (Å²) in [4.78, 5) is 11.2. The maximum atomic E-state index is 13.6. The molecule has 1 N–H and O–H groups in total. The Morgan fingerprint density at radius 1 is 1.45 bits per heavy atom. The minimum atomic E-state index is -2.81. The van der Waals surface area contributed by atoms with Crippen LogP contribution in [-0.4, -0.2) is 41.5 Å². The quantitative estimate of drug-likeness (QED) is 0.642. The number of alkyl halides is 2. The molecule has 124 valence electrons. The first kappa shape index (κ1) is 17.1. The predicted octanol–water partition coefficient (Wildman–Crippen LogP) is 3.02. The molecule has 1 aliphatic carbocycles. The SMILES string of the molecule is C[Si](C)(C)CCOCn1nc(C(=O)O)c2c1CC(F)(F)CC2. The number of aromatic carboxylic acids is 1. The van der Waals surface area contributed by atoms with Crippen LogP contribution in [0.15, 0.2) is 0 Å². The van der Waals surface area contributed by atoms with Crippen LogP contribution in [0.1, 0.15) is 28.2 Å². The standard InChI is InChI=1S/C14H22F2N2O3Si/c1-22(2,3)7-6-21-9-18-11-8-14(15,16)5-4-10(11)12(17-18)13(19)20/h4-9H2,1-3H3,(H,19,20). The summed E-state index contributed by atoms with van der Waals surface area (Å²) in [7, 11) is -1.23. The second-order valence-electron chi connectivity index (χ2n) is 6.96. The predicted molar refractivity (Wildman–Crippen MR) is 80.3 cm³/mol. The van der Waals surface area contributed by atoms with Crippen molar-refractivity contribution in [3.63, 3.8) is 0 Å². The van der Waals surface area contributed by atoms with Crippen molar-refractivity contribution in [3.8, 4) is 0 Å². The van der Waals surface area contributed by atoms with Gasteiger partial charge < -0.3 is 9.84 Å². The molecule has 0 saturated carbocycles. The summed E-state index contributed by atoms with van der Waals surface area (Å²) in [5.74, 6) is -3.99. The van der Waals surface area contributed by atoms with Crippen LogP contribution in [0.5, 0.6) is 0 Å². The van der Waals surface area contributed by atoms with E-state index in [1.54, 1.807) is 0 Å². The Bertz CT molecular complexity index is 567. The van der Waals surface area contributed by atoms with E-state index in [4.69, 9.17) is 9.84 Å². The molecule has 8 heteroatoms. The van der Waals surface area contributed by atoms with Gasteiger partial charge in [-0.3, -0.25) is 0 Å². The number of aromatic nitrogens is 2. The smallest absolute Gasteiger partial charge is 0.356 e. The van der Waals surface area contributed by atoms with Crippen molar-refractivity contribution in [2.45, 2.75) is 57.6 Å². The van der Waals surface area contributed by atoms with E-state index in [9.17, 15) is 13.6 Å². The van der Waals surface area contributed by atoms with Gasteiger partial charge in [0.05, 0.1) is 12.1 Å². The van der Waals surface area contributed by atoms with Gasteiger partial charge in [-0.25, -0.2) is 18.3 Å². The van der Waals surface area contributed by atoms with Crippen molar-refractivity contribution < 1.29 is 23.4 Å². The molecule has 0 spiro atoms. The fourth-order valence-electron chi connectivity index (χ4n) is 2.44. The first-order valence-corrected chi connectivity index (χ1v) is 11.1. The number of halogens is 2. The van der Waals surface area contributed by atoms with Gasteiger partial charge in [0.25, 0.3) is 5.92 Å². The van der Waals surface area contributed by atoms with Crippen LogP contribution in [-0.2, 0) is 24.3 Å². The third-order valence-electron chi connectivity index (χ3n) is 3.75. The summed E-state index contributed by atoms with van der Waals surface area (Å²) in [5.41, 5.74) is 0.591. The molecule has 22 heavy (non-hydrogen) atoms. The summed E-state index contributed by atoms with van der Waals surface area (Å²) in [5, 5.41) is 13.1. The van der Waals surface area contributed by atoms with Crippen molar-refractivity contribution >= 4 is 14.0 Å². The molecule has 0 fully saturated rings. The molecular formula is C14H22F2N2O3Si. The lowest BCUT2D eigenvalue weighted by Gasteiger charge is -2.23. The zero-order chi connectivity index (χ0) is 16.5. The summed E-state index contributed by atoms with van der Waals surface area (Å²) in [6.07, 6.45) is -0.763. The lowest BCUT2D eigenvalue weighted by atomic mass is 9.93.